The van der Waals surface area contributed by atoms with E-state index in [0.29, 0.717) is 35.8 Å². The standard InChI is InChI=1S/C16H23NO6S/c1-5-17(12-6-7-24(19,20)10-12)16(18)11-8-13(21-2)15(23-4)14(9-11)22-3/h8-9,12H,5-7,10H2,1-4H3/t12-/m1/s1. The van der Waals surface area contributed by atoms with Gasteiger partial charge in [0.2, 0.25) is 5.75 Å². The molecule has 1 atom stereocenters. The second-order valence-corrected chi connectivity index (χ2v) is 7.79. The molecule has 7 nitrogen and oxygen atoms in total. The van der Waals surface area contributed by atoms with E-state index in [1.54, 1.807) is 17.0 Å². The van der Waals surface area contributed by atoms with Gasteiger partial charge in [-0.2, -0.15) is 0 Å². The summed E-state index contributed by atoms with van der Waals surface area (Å²) in [5.74, 6) is 1.06. The molecular weight excluding hydrogens is 334 g/mol. The number of hydrogen-bond acceptors (Lipinski definition) is 6. The van der Waals surface area contributed by atoms with Crippen molar-refractivity contribution in [2.45, 2.75) is 19.4 Å². The largest absolute Gasteiger partial charge is 0.493 e. The molecule has 8 heteroatoms. The summed E-state index contributed by atoms with van der Waals surface area (Å²) < 4.78 is 39.2. The average Bonchev–Trinajstić information content (AvgIpc) is 2.93. The van der Waals surface area contributed by atoms with Gasteiger partial charge >= 0.3 is 0 Å². The van der Waals surface area contributed by atoms with Crippen LogP contribution in [0.3, 0.4) is 0 Å². The second-order valence-electron chi connectivity index (χ2n) is 5.56. The highest BCUT2D eigenvalue weighted by Crippen LogP contribution is 2.38. The Hall–Kier alpha value is -1.96. The molecule has 1 saturated heterocycles. The van der Waals surface area contributed by atoms with Gasteiger partial charge in [-0.25, -0.2) is 8.42 Å². The maximum absolute atomic E-state index is 12.9. The molecule has 24 heavy (non-hydrogen) atoms. The number of amides is 1. The summed E-state index contributed by atoms with van der Waals surface area (Å²) in [5.41, 5.74) is 0.371. The molecule has 1 aliphatic heterocycles. The van der Waals surface area contributed by atoms with Crippen molar-refractivity contribution in [3.63, 3.8) is 0 Å². The third-order valence-electron chi connectivity index (χ3n) is 4.16. The molecular formula is C16H23NO6S. The molecule has 1 amide bonds. The van der Waals surface area contributed by atoms with Gasteiger partial charge in [0, 0.05) is 18.2 Å². The first-order valence-corrected chi connectivity index (χ1v) is 9.50. The lowest BCUT2D eigenvalue weighted by Crippen LogP contribution is -2.41. The number of benzene rings is 1. The van der Waals surface area contributed by atoms with Crippen LogP contribution < -0.4 is 14.2 Å². The first-order valence-electron chi connectivity index (χ1n) is 7.68. The van der Waals surface area contributed by atoms with Crippen molar-refractivity contribution >= 4 is 15.7 Å². The van der Waals surface area contributed by atoms with Crippen LogP contribution in [-0.2, 0) is 9.84 Å². The Labute approximate surface area is 142 Å². The van der Waals surface area contributed by atoms with E-state index in [2.05, 4.69) is 0 Å². The van der Waals surface area contributed by atoms with Crippen LogP contribution in [0.5, 0.6) is 17.2 Å². The summed E-state index contributed by atoms with van der Waals surface area (Å²) in [6, 6.07) is 2.86. The fraction of sp³-hybridized carbons (Fsp3) is 0.562. The highest BCUT2D eigenvalue weighted by Gasteiger charge is 2.34. The van der Waals surface area contributed by atoms with E-state index in [0.717, 1.165) is 0 Å². The zero-order valence-electron chi connectivity index (χ0n) is 14.4. The smallest absolute Gasteiger partial charge is 0.254 e. The summed E-state index contributed by atoms with van der Waals surface area (Å²) >= 11 is 0. The Morgan fingerprint density at radius 1 is 1.17 bits per heavy atom. The minimum Gasteiger partial charge on any atom is -0.493 e. The third-order valence-corrected chi connectivity index (χ3v) is 5.91. The van der Waals surface area contributed by atoms with Gasteiger partial charge in [-0.15, -0.1) is 0 Å². The topological polar surface area (TPSA) is 82.1 Å². The number of rotatable bonds is 6. The number of sulfone groups is 1. The Kier molecular flexibility index (Phi) is 5.58. The van der Waals surface area contributed by atoms with Gasteiger partial charge in [-0.1, -0.05) is 0 Å². The van der Waals surface area contributed by atoms with Crippen LogP contribution in [0, 0.1) is 0 Å². The van der Waals surface area contributed by atoms with E-state index in [4.69, 9.17) is 14.2 Å². The van der Waals surface area contributed by atoms with E-state index in [1.807, 2.05) is 6.92 Å². The number of methoxy groups -OCH3 is 3. The lowest BCUT2D eigenvalue weighted by atomic mass is 10.1. The lowest BCUT2D eigenvalue weighted by Gasteiger charge is -2.27. The molecule has 0 aromatic heterocycles. The van der Waals surface area contributed by atoms with Crippen LogP contribution in [0.4, 0.5) is 0 Å². The van der Waals surface area contributed by atoms with Gasteiger partial charge in [-0.3, -0.25) is 4.79 Å². The molecule has 1 aromatic carbocycles. The molecule has 134 valence electrons. The Morgan fingerprint density at radius 3 is 2.12 bits per heavy atom. The van der Waals surface area contributed by atoms with E-state index in [9.17, 15) is 13.2 Å². The Bertz CT molecular complexity index is 690. The summed E-state index contributed by atoms with van der Waals surface area (Å²) in [4.78, 5) is 14.5. The summed E-state index contributed by atoms with van der Waals surface area (Å²) in [6.07, 6.45) is 0.465. The van der Waals surface area contributed by atoms with Crippen LogP contribution in [0.2, 0.25) is 0 Å². The molecule has 0 saturated carbocycles. The van der Waals surface area contributed by atoms with Crippen molar-refractivity contribution in [3.8, 4) is 17.2 Å². The number of hydrogen-bond donors (Lipinski definition) is 0. The normalized spacial score (nSPS) is 18.9. The SMILES string of the molecule is CCN(C(=O)c1cc(OC)c(OC)c(OC)c1)[C@@H]1CCS(=O)(=O)C1. The summed E-state index contributed by atoms with van der Waals surface area (Å²) in [6.45, 7) is 2.26. The quantitative estimate of drug-likeness (QED) is 0.765. The third kappa shape index (κ3) is 3.58. The fourth-order valence-electron chi connectivity index (χ4n) is 2.96. The van der Waals surface area contributed by atoms with Crippen LogP contribution in [0.25, 0.3) is 0 Å². The fourth-order valence-corrected chi connectivity index (χ4v) is 4.69. The van der Waals surface area contributed by atoms with Gasteiger partial charge in [0.15, 0.2) is 21.3 Å². The molecule has 0 unspecified atom stereocenters. The van der Waals surface area contributed by atoms with E-state index >= 15 is 0 Å². The molecule has 0 aliphatic carbocycles. The lowest BCUT2D eigenvalue weighted by molar-refractivity contribution is 0.0707. The highest BCUT2D eigenvalue weighted by atomic mass is 32.2. The van der Waals surface area contributed by atoms with Gasteiger partial charge in [0.05, 0.1) is 32.8 Å². The molecule has 1 aromatic rings. The molecule has 0 bridgehead atoms. The molecule has 0 N–H and O–H groups in total. The molecule has 1 aliphatic rings. The number of ether oxygens (including phenoxy) is 3. The van der Waals surface area contributed by atoms with E-state index in [-0.39, 0.29) is 23.5 Å². The first kappa shape index (κ1) is 18.4. The molecule has 2 rings (SSSR count). The molecule has 0 radical (unpaired) electrons. The van der Waals surface area contributed by atoms with Crippen LogP contribution in [-0.4, -0.2) is 64.6 Å². The first-order chi connectivity index (χ1) is 11.4. The zero-order valence-corrected chi connectivity index (χ0v) is 15.2. The van der Waals surface area contributed by atoms with Crippen LogP contribution in [0.1, 0.15) is 23.7 Å². The van der Waals surface area contributed by atoms with Crippen molar-refractivity contribution in [2.75, 3.05) is 39.4 Å². The van der Waals surface area contributed by atoms with E-state index < -0.39 is 9.84 Å². The predicted octanol–water partition coefficient (Wildman–Crippen LogP) is 1.36. The number of nitrogens with zero attached hydrogens (tertiary/aromatic N) is 1. The van der Waals surface area contributed by atoms with Crippen molar-refractivity contribution < 1.29 is 27.4 Å². The molecule has 1 fully saturated rings. The predicted molar refractivity (Wildman–Crippen MR) is 89.9 cm³/mol. The monoisotopic (exact) mass is 357 g/mol. The van der Waals surface area contributed by atoms with Crippen LogP contribution in [0.15, 0.2) is 12.1 Å². The highest BCUT2D eigenvalue weighted by molar-refractivity contribution is 7.91. The minimum absolute atomic E-state index is 0.0109. The number of carbonyl (C=O) groups is 1. The maximum Gasteiger partial charge on any atom is 0.254 e. The zero-order chi connectivity index (χ0) is 17.9. The second kappa shape index (κ2) is 7.29. The molecule has 0 spiro atoms. The van der Waals surface area contributed by atoms with E-state index in [1.165, 1.54) is 21.3 Å². The minimum atomic E-state index is -3.07. The summed E-state index contributed by atoms with van der Waals surface area (Å²) in [7, 11) is 1.38. The van der Waals surface area contributed by atoms with Gasteiger partial charge in [0.25, 0.3) is 5.91 Å². The van der Waals surface area contributed by atoms with Crippen molar-refractivity contribution in [1.82, 2.24) is 4.90 Å². The molecule has 1 heterocycles. The van der Waals surface area contributed by atoms with Gasteiger partial charge in [-0.05, 0) is 25.5 Å². The van der Waals surface area contributed by atoms with Crippen LogP contribution >= 0.6 is 0 Å². The van der Waals surface area contributed by atoms with Crippen molar-refractivity contribution in [3.05, 3.63) is 17.7 Å². The number of carbonyl (C=O) groups excluding carboxylic acids is 1. The van der Waals surface area contributed by atoms with Crippen molar-refractivity contribution in [1.29, 1.82) is 0 Å². The van der Waals surface area contributed by atoms with Gasteiger partial charge < -0.3 is 19.1 Å². The van der Waals surface area contributed by atoms with Gasteiger partial charge in [0.1, 0.15) is 0 Å². The maximum atomic E-state index is 12.9. The average molecular weight is 357 g/mol. The summed E-state index contributed by atoms with van der Waals surface area (Å²) in [5, 5.41) is 0. The van der Waals surface area contributed by atoms with Crippen molar-refractivity contribution in [2.24, 2.45) is 0 Å². The Morgan fingerprint density at radius 2 is 1.75 bits per heavy atom. The Balaban J connectivity index is 2.37.